The molecular formula is C22H26O5. The SMILES string of the molecule is CC1(C)O[C@H]2[C@H](OCc3ccccc3)OC[C@@]2(COCc2ccccc2)O1. The third kappa shape index (κ3) is 4.23. The Morgan fingerprint density at radius 2 is 1.56 bits per heavy atom. The normalized spacial score (nSPS) is 29.0. The van der Waals surface area contributed by atoms with Crippen molar-refractivity contribution in [2.75, 3.05) is 13.2 Å². The van der Waals surface area contributed by atoms with Crippen molar-refractivity contribution >= 4 is 0 Å². The van der Waals surface area contributed by atoms with Crippen molar-refractivity contribution in [1.82, 2.24) is 0 Å². The Labute approximate surface area is 160 Å². The second kappa shape index (κ2) is 7.70. The van der Waals surface area contributed by atoms with E-state index in [4.69, 9.17) is 23.7 Å². The van der Waals surface area contributed by atoms with Crippen molar-refractivity contribution in [2.45, 2.75) is 50.8 Å². The van der Waals surface area contributed by atoms with Gasteiger partial charge in [0.25, 0.3) is 0 Å². The molecule has 2 saturated heterocycles. The predicted molar refractivity (Wildman–Crippen MR) is 99.8 cm³/mol. The molecule has 2 aromatic rings. The minimum atomic E-state index is -0.696. The van der Waals surface area contributed by atoms with E-state index in [-0.39, 0.29) is 6.10 Å². The maximum absolute atomic E-state index is 6.23. The maximum Gasteiger partial charge on any atom is 0.187 e. The van der Waals surface area contributed by atoms with E-state index < -0.39 is 17.7 Å². The van der Waals surface area contributed by atoms with Gasteiger partial charge >= 0.3 is 0 Å². The standard InChI is InChI=1S/C22H26O5/c1-21(2)26-19-20(24-14-18-11-7-4-8-12-18)25-16-22(19,27-21)15-23-13-17-9-5-3-6-10-17/h3-12,19-20H,13-16H2,1-2H3/t19-,20+,22+/m0/s1. The lowest BCUT2D eigenvalue weighted by molar-refractivity contribution is -0.230. The zero-order valence-corrected chi connectivity index (χ0v) is 15.8. The first-order valence-electron chi connectivity index (χ1n) is 9.33. The van der Waals surface area contributed by atoms with E-state index >= 15 is 0 Å². The summed E-state index contributed by atoms with van der Waals surface area (Å²) in [6.07, 6.45) is -0.806. The Morgan fingerprint density at radius 1 is 0.926 bits per heavy atom. The molecule has 2 aliphatic rings. The van der Waals surface area contributed by atoms with Crippen LogP contribution in [-0.2, 0) is 36.9 Å². The van der Waals surface area contributed by atoms with E-state index in [2.05, 4.69) is 0 Å². The summed E-state index contributed by atoms with van der Waals surface area (Å²) in [6.45, 7) is 5.59. The van der Waals surface area contributed by atoms with Gasteiger partial charge in [0, 0.05) is 0 Å². The lowest BCUT2D eigenvalue weighted by atomic mass is 10.0. The lowest BCUT2D eigenvalue weighted by Gasteiger charge is -2.26. The van der Waals surface area contributed by atoms with E-state index in [1.807, 2.05) is 74.5 Å². The van der Waals surface area contributed by atoms with Crippen molar-refractivity contribution < 1.29 is 23.7 Å². The van der Waals surface area contributed by atoms with Crippen LogP contribution >= 0.6 is 0 Å². The van der Waals surface area contributed by atoms with Crippen molar-refractivity contribution in [2.24, 2.45) is 0 Å². The van der Waals surface area contributed by atoms with Gasteiger partial charge in [0.05, 0.1) is 26.4 Å². The van der Waals surface area contributed by atoms with E-state index in [1.54, 1.807) is 0 Å². The maximum atomic E-state index is 6.23. The fourth-order valence-corrected chi connectivity index (χ4v) is 3.67. The first-order chi connectivity index (χ1) is 13.1. The highest BCUT2D eigenvalue weighted by Gasteiger charge is 2.61. The molecule has 2 fully saturated rings. The molecular weight excluding hydrogens is 344 g/mol. The molecule has 27 heavy (non-hydrogen) atoms. The topological polar surface area (TPSA) is 46.2 Å². The van der Waals surface area contributed by atoms with Gasteiger partial charge in [-0.25, -0.2) is 0 Å². The molecule has 0 bridgehead atoms. The highest BCUT2D eigenvalue weighted by molar-refractivity contribution is 5.14. The third-order valence-corrected chi connectivity index (χ3v) is 4.83. The van der Waals surface area contributed by atoms with E-state index in [9.17, 15) is 0 Å². The van der Waals surface area contributed by atoms with Crippen molar-refractivity contribution in [3.63, 3.8) is 0 Å². The smallest absolute Gasteiger partial charge is 0.187 e. The minimum Gasteiger partial charge on any atom is -0.374 e. The van der Waals surface area contributed by atoms with Crippen LogP contribution in [0.4, 0.5) is 0 Å². The molecule has 5 heteroatoms. The minimum absolute atomic E-state index is 0.327. The fourth-order valence-electron chi connectivity index (χ4n) is 3.67. The summed E-state index contributed by atoms with van der Waals surface area (Å²) in [7, 11) is 0. The van der Waals surface area contributed by atoms with Crippen LogP contribution < -0.4 is 0 Å². The van der Waals surface area contributed by atoms with Gasteiger partial charge in [-0.3, -0.25) is 0 Å². The monoisotopic (exact) mass is 370 g/mol. The van der Waals surface area contributed by atoms with Gasteiger partial charge in [-0.1, -0.05) is 60.7 Å². The molecule has 0 radical (unpaired) electrons. The van der Waals surface area contributed by atoms with Crippen LogP contribution in [0.1, 0.15) is 25.0 Å². The van der Waals surface area contributed by atoms with Gasteiger partial charge in [0.15, 0.2) is 12.1 Å². The number of ether oxygens (including phenoxy) is 5. The molecule has 144 valence electrons. The average Bonchev–Trinajstić information content (AvgIpc) is 3.12. The number of benzene rings is 2. The van der Waals surface area contributed by atoms with Gasteiger partial charge in [0.1, 0.15) is 11.7 Å². The van der Waals surface area contributed by atoms with Crippen LogP contribution in [0, 0.1) is 0 Å². The number of hydrogen-bond donors (Lipinski definition) is 0. The first-order valence-corrected chi connectivity index (χ1v) is 9.33. The summed E-state index contributed by atoms with van der Waals surface area (Å²) in [4.78, 5) is 0. The highest BCUT2D eigenvalue weighted by atomic mass is 16.8. The van der Waals surface area contributed by atoms with Crippen LogP contribution in [0.3, 0.4) is 0 Å². The van der Waals surface area contributed by atoms with E-state index in [0.717, 1.165) is 11.1 Å². The van der Waals surface area contributed by atoms with E-state index in [1.165, 1.54) is 0 Å². The highest BCUT2D eigenvalue weighted by Crippen LogP contribution is 2.44. The Morgan fingerprint density at radius 3 is 2.22 bits per heavy atom. The molecule has 3 atom stereocenters. The molecule has 0 unspecified atom stereocenters. The van der Waals surface area contributed by atoms with Crippen LogP contribution in [0.5, 0.6) is 0 Å². The summed E-state index contributed by atoms with van der Waals surface area (Å²) >= 11 is 0. The molecule has 0 aliphatic carbocycles. The van der Waals surface area contributed by atoms with Crippen LogP contribution in [-0.4, -0.2) is 37.0 Å². The number of fused-ring (bicyclic) bond motifs is 1. The molecule has 2 aromatic carbocycles. The molecule has 2 aliphatic heterocycles. The van der Waals surface area contributed by atoms with Crippen molar-refractivity contribution in [3.05, 3.63) is 71.8 Å². The summed E-state index contributed by atoms with van der Waals surface area (Å²) in [5.41, 5.74) is 1.57. The van der Waals surface area contributed by atoms with Crippen LogP contribution in [0.2, 0.25) is 0 Å². The van der Waals surface area contributed by atoms with Crippen molar-refractivity contribution in [3.8, 4) is 0 Å². The molecule has 0 aromatic heterocycles. The Hall–Kier alpha value is -1.76. The second-order valence-electron chi connectivity index (χ2n) is 7.56. The lowest BCUT2D eigenvalue weighted by Crippen LogP contribution is -2.46. The van der Waals surface area contributed by atoms with Crippen LogP contribution in [0.15, 0.2) is 60.7 Å². The van der Waals surface area contributed by atoms with Gasteiger partial charge in [-0.15, -0.1) is 0 Å². The van der Waals surface area contributed by atoms with Gasteiger partial charge in [0.2, 0.25) is 0 Å². The summed E-state index contributed by atoms with van der Waals surface area (Å²) < 4.78 is 30.2. The van der Waals surface area contributed by atoms with Gasteiger partial charge in [-0.2, -0.15) is 0 Å². The Bertz CT molecular complexity index is 733. The number of rotatable bonds is 7. The molecule has 0 N–H and O–H groups in total. The quantitative estimate of drug-likeness (QED) is 0.744. The fraction of sp³-hybridized carbons (Fsp3) is 0.455. The van der Waals surface area contributed by atoms with Crippen molar-refractivity contribution in [1.29, 1.82) is 0 Å². The van der Waals surface area contributed by atoms with Gasteiger partial charge in [-0.05, 0) is 25.0 Å². The summed E-state index contributed by atoms with van der Waals surface area (Å²) in [6, 6.07) is 20.1. The largest absolute Gasteiger partial charge is 0.374 e. The zero-order valence-electron chi connectivity index (χ0n) is 15.8. The molecule has 4 rings (SSSR count). The predicted octanol–water partition coefficient (Wildman–Crippen LogP) is 3.67. The molecule has 0 saturated carbocycles. The van der Waals surface area contributed by atoms with Crippen LogP contribution in [0.25, 0.3) is 0 Å². The molecule has 5 nitrogen and oxygen atoms in total. The Kier molecular flexibility index (Phi) is 5.30. The summed E-state index contributed by atoms with van der Waals surface area (Å²) in [5, 5.41) is 0. The molecule has 0 amide bonds. The number of hydrogen-bond acceptors (Lipinski definition) is 5. The van der Waals surface area contributed by atoms with E-state index in [0.29, 0.717) is 26.4 Å². The second-order valence-corrected chi connectivity index (χ2v) is 7.56. The molecule has 0 spiro atoms. The van der Waals surface area contributed by atoms with Gasteiger partial charge < -0.3 is 23.7 Å². The average molecular weight is 370 g/mol. The third-order valence-electron chi connectivity index (χ3n) is 4.83. The summed E-state index contributed by atoms with van der Waals surface area (Å²) in [5.74, 6) is -0.696. The first kappa shape index (κ1) is 18.6. The zero-order chi connectivity index (χ0) is 18.7. The molecule has 2 heterocycles. The Balaban J connectivity index is 1.39.